The molecule has 0 unspecified atom stereocenters. The van der Waals surface area contributed by atoms with Gasteiger partial charge in [0, 0.05) is 6.07 Å². The number of non-ortho nitro benzene ring substituents is 1. The van der Waals surface area contributed by atoms with E-state index in [-0.39, 0.29) is 93.5 Å². The van der Waals surface area contributed by atoms with Crippen molar-refractivity contribution >= 4 is 128 Å². The normalized spacial score (nSPS) is 10.5. The Kier molecular flexibility index (Phi) is 41.8. The molecule has 0 aromatic heterocycles. The van der Waals surface area contributed by atoms with Crippen LogP contribution in [0, 0.1) is 26.0 Å². The van der Waals surface area contributed by atoms with E-state index in [1.54, 1.807) is 36.4 Å². The second-order valence-corrected chi connectivity index (χ2v) is 21.3. The van der Waals surface area contributed by atoms with Gasteiger partial charge in [-0.05, 0) is 152 Å². The summed E-state index contributed by atoms with van der Waals surface area (Å²) in [4.78, 5) is 84.4. The Balaban J connectivity index is 0.00000173. The molecule has 2 aliphatic rings. The molecule has 0 amide bonds. The van der Waals surface area contributed by atoms with Gasteiger partial charge in [0.05, 0.1) is 106 Å². The Labute approximate surface area is 603 Å². The molecular formula is C68H82N8Na2O21S. The zero-order chi connectivity index (χ0) is 67.0. The molecule has 0 saturated heterocycles. The van der Waals surface area contributed by atoms with Crippen LogP contribution in [0.4, 0.5) is 39.8 Å². The number of hydrogen-bond donors (Lipinski definition) is 10. The van der Waals surface area contributed by atoms with Crippen molar-refractivity contribution in [3.05, 3.63) is 233 Å². The summed E-state index contributed by atoms with van der Waals surface area (Å²) in [5, 5.41) is 49.4. The van der Waals surface area contributed by atoms with Crippen molar-refractivity contribution < 1.29 is 77.2 Å². The summed E-state index contributed by atoms with van der Waals surface area (Å²) in [5.41, 5.74) is 12.1. The van der Waals surface area contributed by atoms with Gasteiger partial charge in [-0.2, -0.15) is 0 Å². The van der Waals surface area contributed by atoms with Crippen LogP contribution in [0.3, 0.4) is 0 Å². The Morgan fingerprint density at radius 3 is 1.24 bits per heavy atom. The fourth-order valence-corrected chi connectivity index (χ4v) is 10.2. The molecule has 24 N–H and O–H groups in total. The molecular weight excluding hydrogens is 1340 g/mol. The van der Waals surface area contributed by atoms with E-state index < -0.39 is 71.0 Å². The predicted octanol–water partition coefficient (Wildman–Crippen LogP) is 5.57. The van der Waals surface area contributed by atoms with E-state index in [1.165, 1.54) is 132 Å². The van der Waals surface area contributed by atoms with Crippen molar-refractivity contribution in [3.63, 3.8) is 0 Å². The van der Waals surface area contributed by atoms with Crippen molar-refractivity contribution in [2.45, 2.75) is 90.9 Å². The van der Waals surface area contributed by atoms with Gasteiger partial charge in [-0.25, -0.2) is 9.98 Å². The van der Waals surface area contributed by atoms with Crippen LogP contribution in [0.1, 0.15) is 90.9 Å². The maximum absolute atomic E-state index is 13.5. The summed E-state index contributed by atoms with van der Waals surface area (Å²) in [5.74, 6) is 0.0429. The van der Waals surface area contributed by atoms with Crippen LogP contribution in [0.5, 0.6) is 28.7 Å². The SMILES string of the molecule is CCCCCCCCOc1ccc(NNc2ccc(N=c3ccc(=O)c4c(=O)c5c([N+](=O)[O-])ccc(O)c5c(=O)c3=4)cc2)cc1.CCCCCCCCOc1ccc(NNc2ccc(N=c3ccc(=O)c4c(O)c5c(=N)ccc(=O)c5c(O)c34)cc2)cc1.O.O.O.O.O.O.O.OSO.[Na][Na]. The van der Waals surface area contributed by atoms with Gasteiger partial charge >= 0.3 is 43.6 Å². The van der Waals surface area contributed by atoms with Crippen LogP contribution in [-0.4, -0.2) is 125 Å². The Bertz CT molecular complexity index is 4750. The molecule has 0 atom stereocenters. The first-order valence-corrected chi connectivity index (χ1v) is 39.3. The third-order valence-corrected chi connectivity index (χ3v) is 14.8. The zero-order valence-corrected chi connectivity index (χ0v) is 60.2. The van der Waals surface area contributed by atoms with Gasteiger partial charge in [-0.3, -0.25) is 34.1 Å². The molecule has 8 aromatic carbocycles. The van der Waals surface area contributed by atoms with Gasteiger partial charge in [-0.15, -0.1) is 0 Å². The van der Waals surface area contributed by atoms with E-state index in [0.717, 1.165) is 65.7 Å². The van der Waals surface area contributed by atoms with E-state index in [9.17, 15) is 49.4 Å². The molecule has 0 saturated carbocycles. The summed E-state index contributed by atoms with van der Waals surface area (Å²) < 4.78 is 25.8. The third-order valence-electron chi connectivity index (χ3n) is 14.8. The molecule has 32 heteroatoms. The molecule has 8 aromatic rings. The number of benzene rings is 8. The number of aromatic hydroxyl groups is 3. The second kappa shape index (κ2) is 45.8. The third kappa shape index (κ3) is 23.7. The molecule has 29 nitrogen and oxygen atoms in total. The molecule has 2 aliphatic carbocycles. The monoisotopic (exact) mass is 1420 g/mol. The molecule has 0 radical (unpaired) electrons. The van der Waals surface area contributed by atoms with Gasteiger partial charge in [0.2, 0.25) is 10.9 Å². The molecule has 100 heavy (non-hydrogen) atoms. The number of phenols is 3. The van der Waals surface area contributed by atoms with Gasteiger partial charge in [0.25, 0.3) is 5.69 Å². The van der Waals surface area contributed by atoms with Crippen LogP contribution in [0.25, 0.3) is 32.3 Å². The van der Waals surface area contributed by atoms with Crippen LogP contribution >= 0.6 is 12.3 Å². The molecule has 0 aliphatic heterocycles. The van der Waals surface area contributed by atoms with Crippen LogP contribution < -0.4 is 74.4 Å². The fraction of sp³-hybridized carbons (Fsp3) is 0.235. The summed E-state index contributed by atoms with van der Waals surface area (Å²) >= 11 is 2.64. The Hall–Kier alpha value is -8.77. The summed E-state index contributed by atoms with van der Waals surface area (Å²) in [6.07, 6.45) is 14.6. The van der Waals surface area contributed by atoms with E-state index >= 15 is 0 Å². The predicted molar refractivity (Wildman–Crippen MR) is 392 cm³/mol. The minimum atomic E-state index is -1.01. The van der Waals surface area contributed by atoms with Crippen molar-refractivity contribution in [2.75, 3.05) is 34.9 Å². The van der Waals surface area contributed by atoms with E-state index in [1.807, 2.05) is 60.7 Å². The van der Waals surface area contributed by atoms with Crippen LogP contribution in [0.15, 0.2) is 180 Å². The van der Waals surface area contributed by atoms with Gasteiger partial charge < -0.3 is 99.3 Å². The number of unbranched alkanes of at least 4 members (excludes halogenated alkanes) is 10. The number of nitrogens with one attached hydrogen (secondary N) is 5. The average molecular weight is 1430 g/mol. The van der Waals surface area contributed by atoms with Crippen molar-refractivity contribution in [3.8, 4) is 28.7 Å². The number of nitrogens with zero attached hydrogens (tertiary/aromatic N) is 3. The second-order valence-electron chi connectivity index (χ2n) is 21.2. The average Bonchev–Trinajstić information content (AvgIpc) is 0.739. The first-order chi connectivity index (χ1) is 45.1. The quantitative estimate of drug-likeness (QED) is 0.00636. The number of fused-ring (bicyclic) bond motifs is 3. The fourth-order valence-electron chi connectivity index (χ4n) is 10.2. The van der Waals surface area contributed by atoms with Crippen LogP contribution in [0.2, 0.25) is 0 Å². The van der Waals surface area contributed by atoms with Gasteiger partial charge in [0.1, 0.15) is 34.1 Å². The number of hydrazine groups is 2. The first-order valence-electron chi connectivity index (χ1n) is 30.6. The molecule has 0 fully saturated rings. The number of nitro groups is 1. The molecule has 10 rings (SSSR count). The number of hydrogen-bond acceptors (Lipinski definition) is 22. The van der Waals surface area contributed by atoms with Crippen molar-refractivity contribution in [1.29, 1.82) is 5.41 Å². The van der Waals surface area contributed by atoms with Crippen molar-refractivity contribution in [1.82, 2.24) is 0 Å². The summed E-state index contributed by atoms with van der Waals surface area (Å²) in [7, 11) is 0. The number of rotatable bonds is 25. The van der Waals surface area contributed by atoms with E-state index in [4.69, 9.17) is 24.0 Å². The van der Waals surface area contributed by atoms with Gasteiger partial charge in [0.15, 0.2) is 28.6 Å². The van der Waals surface area contributed by atoms with E-state index in [0.29, 0.717) is 30.3 Å². The number of phenolic OH excluding ortho intramolecular Hbond substituents is 3. The Morgan fingerprint density at radius 1 is 0.440 bits per heavy atom. The van der Waals surface area contributed by atoms with E-state index in [2.05, 4.69) is 45.5 Å². The summed E-state index contributed by atoms with van der Waals surface area (Å²) in [6.45, 7) is 5.84. The first kappa shape index (κ1) is 91.2. The van der Waals surface area contributed by atoms with Crippen LogP contribution in [-0.2, 0) is 0 Å². The molecule has 528 valence electrons. The zero-order valence-electron chi connectivity index (χ0n) is 55.4. The molecule has 0 heterocycles. The maximum atomic E-state index is 13.5. The number of ether oxygens (including phenoxy) is 2. The minimum absolute atomic E-state index is 0. The Morgan fingerprint density at radius 2 is 0.800 bits per heavy atom. The number of nitro benzene ring substituents is 1. The summed E-state index contributed by atoms with van der Waals surface area (Å²) in [6, 6.07) is 38.6. The number of anilines is 4. The standard InChI is InChI=1S/C34H32N4O7.C34H34N4O5.2Na.H2O2S.7H2O/c1-2-3-4-5-6-7-20-45-24-14-12-23(13-15-24)37-36-22-10-8-21(9-11-22)35-25-16-18-27(39)31-29(25)33(41)32-28(40)19-17-26(38(43)44)30(32)34(31)42;1-2-3-4-5-6-7-20-43-24-14-12-23(13-15-24)38-37-22-10-8-21(9-11-22)36-26-17-19-28(40)32-30(26)34(42)31-27(39)18-16-25(35)29(31)33(32)41;;;1-3-2;;;;;;;/h8-19,36-37,40H,2-7,20H2,1H3;8-19,35,37-38,41-42H,2-7,20H2,1H3;;;1-2H;7*1H2. The van der Waals surface area contributed by atoms with Crippen molar-refractivity contribution in [2.24, 2.45) is 9.98 Å². The van der Waals surface area contributed by atoms with Gasteiger partial charge in [-0.1, -0.05) is 78.1 Å². The molecule has 0 spiro atoms. The molecule has 0 bridgehead atoms. The topological polar surface area (TPSA) is 565 Å².